The number of hydrogen-bond acceptors (Lipinski definition) is 0. The minimum atomic E-state index is 0. The van der Waals surface area contributed by atoms with Gasteiger partial charge in [0.1, 0.15) is 6.54 Å². The fourth-order valence-corrected chi connectivity index (χ4v) is 2.93. The van der Waals surface area contributed by atoms with E-state index in [1.165, 1.54) is 27.8 Å². The molecule has 0 amide bonds. The minimum absolute atomic E-state index is 0. The van der Waals surface area contributed by atoms with Crippen LogP contribution in [0.3, 0.4) is 0 Å². The van der Waals surface area contributed by atoms with Crippen LogP contribution in [0.2, 0.25) is 5.02 Å². The van der Waals surface area contributed by atoms with Gasteiger partial charge in [-0.3, -0.25) is 0 Å². The third kappa shape index (κ3) is 3.48. The highest BCUT2D eigenvalue weighted by atomic mass is 35.5. The van der Waals surface area contributed by atoms with Crippen molar-refractivity contribution in [3.05, 3.63) is 69.2 Å². The van der Waals surface area contributed by atoms with Crippen LogP contribution in [0.25, 0.3) is 0 Å². The van der Waals surface area contributed by atoms with Gasteiger partial charge in [0.25, 0.3) is 0 Å². The van der Waals surface area contributed by atoms with Crippen molar-refractivity contribution < 1.29 is 17.0 Å². The number of halogens is 2. The third-order valence-corrected chi connectivity index (χ3v) is 4.45. The Morgan fingerprint density at radius 3 is 2.57 bits per heavy atom. The predicted molar refractivity (Wildman–Crippen MR) is 85.1 cm³/mol. The van der Waals surface area contributed by atoms with E-state index in [0.717, 1.165) is 24.5 Å². The zero-order valence-corrected chi connectivity index (χ0v) is 13.9. The Labute approximate surface area is 137 Å². The molecule has 0 atom stereocenters. The summed E-state index contributed by atoms with van der Waals surface area (Å²) in [4.78, 5) is 0. The Hall–Kier alpha value is -1.31. The van der Waals surface area contributed by atoms with Crippen molar-refractivity contribution >= 4 is 17.8 Å². The summed E-state index contributed by atoms with van der Waals surface area (Å²) in [5.74, 6) is 0. The van der Waals surface area contributed by atoms with E-state index >= 15 is 0 Å². The molecule has 0 spiro atoms. The van der Waals surface area contributed by atoms with Crippen molar-refractivity contribution in [1.82, 2.24) is 0 Å². The molecule has 3 rings (SSSR count). The molecule has 110 valence electrons. The molecule has 0 radical (unpaired) electrons. The van der Waals surface area contributed by atoms with Crippen LogP contribution in [0.5, 0.6) is 0 Å². The molecule has 1 aliphatic rings. The molecule has 3 heteroatoms. The molecule has 21 heavy (non-hydrogen) atoms. The third-order valence-electron chi connectivity index (χ3n) is 4.08. The molecule has 0 unspecified atom stereocenters. The van der Waals surface area contributed by atoms with E-state index in [9.17, 15) is 0 Å². The largest absolute Gasteiger partial charge is 1.00 e. The molecular weight excluding hydrogens is 301 g/mol. The van der Waals surface area contributed by atoms with Crippen LogP contribution in [0.4, 0.5) is 0 Å². The van der Waals surface area contributed by atoms with Gasteiger partial charge in [-0.15, -0.1) is 0 Å². The fraction of sp³-hybridized carbons (Fsp3) is 0.278. The highest BCUT2D eigenvalue weighted by Gasteiger charge is 2.17. The van der Waals surface area contributed by atoms with Gasteiger partial charge < -0.3 is 12.4 Å². The summed E-state index contributed by atoms with van der Waals surface area (Å²) in [6.45, 7) is 6.30. The lowest BCUT2D eigenvalue weighted by Crippen LogP contribution is -3.00. The Bertz CT molecular complexity index is 690. The Balaban J connectivity index is 0.00000161. The Kier molecular flexibility index (Phi) is 5.08. The van der Waals surface area contributed by atoms with Crippen LogP contribution in [-0.4, -0.2) is 17.3 Å². The Morgan fingerprint density at radius 2 is 1.81 bits per heavy atom. The first kappa shape index (κ1) is 16.1. The summed E-state index contributed by atoms with van der Waals surface area (Å²) in [7, 11) is 0. The van der Waals surface area contributed by atoms with Crippen LogP contribution in [0.1, 0.15) is 27.8 Å². The first-order valence-corrected chi connectivity index (χ1v) is 7.44. The maximum absolute atomic E-state index is 6.25. The van der Waals surface area contributed by atoms with E-state index in [-0.39, 0.29) is 12.4 Å². The average molecular weight is 320 g/mol. The average Bonchev–Trinajstić information content (AvgIpc) is 2.43. The normalized spacial score (nSPS) is 13.2. The van der Waals surface area contributed by atoms with Gasteiger partial charge in [0, 0.05) is 17.5 Å². The second-order valence-corrected chi connectivity index (χ2v) is 5.98. The molecule has 0 saturated carbocycles. The van der Waals surface area contributed by atoms with Crippen molar-refractivity contribution in [3.8, 4) is 0 Å². The van der Waals surface area contributed by atoms with Gasteiger partial charge >= 0.3 is 0 Å². The molecule has 0 N–H and O–H groups in total. The summed E-state index contributed by atoms with van der Waals surface area (Å²) >= 11 is 6.25. The minimum Gasteiger partial charge on any atom is -1.00 e. The quantitative estimate of drug-likeness (QED) is 0.731. The maximum Gasteiger partial charge on any atom is 0.171 e. The number of fused-ring (bicyclic) bond motifs is 1. The smallest absolute Gasteiger partial charge is 0.171 e. The summed E-state index contributed by atoms with van der Waals surface area (Å²) in [6, 6.07) is 12.7. The molecular formula is C18H19Cl2N. The second kappa shape index (κ2) is 6.64. The highest BCUT2D eigenvalue weighted by Crippen LogP contribution is 2.20. The predicted octanol–water partition coefficient (Wildman–Crippen LogP) is 1.15. The lowest BCUT2D eigenvalue weighted by Gasteiger charge is -2.15. The van der Waals surface area contributed by atoms with E-state index in [1.807, 2.05) is 18.2 Å². The van der Waals surface area contributed by atoms with Crippen LogP contribution in [0, 0.1) is 13.8 Å². The van der Waals surface area contributed by atoms with Gasteiger partial charge in [0.15, 0.2) is 12.8 Å². The maximum atomic E-state index is 6.25. The van der Waals surface area contributed by atoms with Gasteiger partial charge in [-0.1, -0.05) is 35.9 Å². The van der Waals surface area contributed by atoms with Crippen molar-refractivity contribution in [2.45, 2.75) is 26.8 Å². The molecule has 0 aromatic heterocycles. The van der Waals surface area contributed by atoms with E-state index in [2.05, 4.69) is 42.8 Å². The van der Waals surface area contributed by atoms with Crippen molar-refractivity contribution in [3.63, 3.8) is 0 Å². The number of benzene rings is 2. The standard InChI is InChI=1S/C18H19ClN.ClH/c1-13-9-15-7-8-20(12-17(15)10-14(13)2)11-16-5-3-4-6-18(16)19;/h3-6,9-10,12H,7-8,11H2,1-2H3;1H/q+1;/p-1. The molecule has 0 bridgehead atoms. The van der Waals surface area contributed by atoms with E-state index < -0.39 is 0 Å². The fourth-order valence-electron chi connectivity index (χ4n) is 2.73. The number of nitrogens with zero attached hydrogens (tertiary/aromatic N) is 1. The summed E-state index contributed by atoms with van der Waals surface area (Å²) in [6.07, 6.45) is 3.38. The van der Waals surface area contributed by atoms with Crippen molar-refractivity contribution in [2.75, 3.05) is 6.54 Å². The summed E-state index contributed by atoms with van der Waals surface area (Å²) in [5, 5.41) is 0.854. The second-order valence-electron chi connectivity index (χ2n) is 5.58. The first-order valence-electron chi connectivity index (χ1n) is 7.06. The number of rotatable bonds is 2. The number of hydrogen-bond donors (Lipinski definition) is 0. The van der Waals surface area contributed by atoms with Gasteiger partial charge in [0.05, 0.1) is 5.02 Å². The molecule has 2 aromatic carbocycles. The summed E-state index contributed by atoms with van der Waals surface area (Å²) < 4.78 is 2.36. The lowest BCUT2D eigenvalue weighted by atomic mass is 9.96. The van der Waals surface area contributed by atoms with Gasteiger partial charge in [-0.2, -0.15) is 0 Å². The van der Waals surface area contributed by atoms with Crippen LogP contribution < -0.4 is 12.4 Å². The van der Waals surface area contributed by atoms with Crippen LogP contribution in [0.15, 0.2) is 36.4 Å². The zero-order valence-electron chi connectivity index (χ0n) is 12.4. The SMILES string of the molecule is Cc1cc2c(cc1C)CC[N+](Cc1ccccc1Cl)=C2.[Cl-]. The molecule has 1 aliphatic heterocycles. The van der Waals surface area contributed by atoms with E-state index in [0.29, 0.717) is 0 Å². The van der Waals surface area contributed by atoms with Crippen molar-refractivity contribution in [1.29, 1.82) is 0 Å². The highest BCUT2D eigenvalue weighted by molar-refractivity contribution is 6.31. The Morgan fingerprint density at radius 1 is 1.10 bits per heavy atom. The van der Waals surface area contributed by atoms with Crippen LogP contribution in [-0.2, 0) is 13.0 Å². The van der Waals surface area contributed by atoms with E-state index in [4.69, 9.17) is 11.6 Å². The van der Waals surface area contributed by atoms with E-state index in [1.54, 1.807) is 0 Å². The topological polar surface area (TPSA) is 3.01 Å². The molecule has 0 aliphatic carbocycles. The molecule has 2 aromatic rings. The van der Waals surface area contributed by atoms with Crippen LogP contribution >= 0.6 is 11.6 Å². The first-order chi connectivity index (χ1) is 9.63. The lowest BCUT2D eigenvalue weighted by molar-refractivity contribution is -0.540. The molecule has 1 heterocycles. The number of aryl methyl sites for hydroxylation is 2. The molecule has 0 saturated heterocycles. The van der Waals surface area contributed by atoms with Gasteiger partial charge in [-0.05, 0) is 42.7 Å². The zero-order chi connectivity index (χ0) is 14.1. The molecule has 0 fully saturated rings. The van der Waals surface area contributed by atoms with Gasteiger partial charge in [-0.25, -0.2) is 4.58 Å². The monoisotopic (exact) mass is 319 g/mol. The summed E-state index contributed by atoms with van der Waals surface area (Å²) in [5.41, 5.74) is 6.75. The van der Waals surface area contributed by atoms with Gasteiger partial charge in [0.2, 0.25) is 0 Å². The molecule has 1 nitrogen and oxygen atoms in total. The van der Waals surface area contributed by atoms with Crippen molar-refractivity contribution in [2.24, 2.45) is 0 Å².